The van der Waals surface area contributed by atoms with Gasteiger partial charge < -0.3 is 10.6 Å². The lowest BCUT2D eigenvalue weighted by molar-refractivity contribution is 0.784. The summed E-state index contributed by atoms with van der Waals surface area (Å²) in [6, 6.07) is 8.51. The lowest BCUT2D eigenvalue weighted by atomic mass is 10.1. The van der Waals surface area contributed by atoms with E-state index >= 15 is 0 Å². The molecule has 2 N–H and O–H groups in total. The van der Waals surface area contributed by atoms with Gasteiger partial charge in [-0.2, -0.15) is 0 Å². The van der Waals surface area contributed by atoms with Crippen LogP contribution in [0.3, 0.4) is 0 Å². The summed E-state index contributed by atoms with van der Waals surface area (Å²) in [7, 11) is 0. The first kappa shape index (κ1) is 18.2. The zero-order chi connectivity index (χ0) is 13.2. The van der Waals surface area contributed by atoms with Crippen LogP contribution in [0.2, 0.25) is 0 Å². The van der Waals surface area contributed by atoms with Crippen LogP contribution in [0.15, 0.2) is 29.3 Å². The van der Waals surface area contributed by atoms with Gasteiger partial charge in [0.15, 0.2) is 5.96 Å². The fourth-order valence-corrected chi connectivity index (χ4v) is 1.81. The van der Waals surface area contributed by atoms with Crippen molar-refractivity contribution in [1.29, 1.82) is 0 Å². The topological polar surface area (TPSA) is 36.4 Å². The molecule has 0 bridgehead atoms. The molecule has 0 radical (unpaired) electrons. The van der Waals surface area contributed by atoms with E-state index in [1.54, 1.807) is 0 Å². The van der Waals surface area contributed by atoms with Gasteiger partial charge in [-0.3, -0.25) is 0 Å². The molecule has 3 nitrogen and oxygen atoms in total. The number of rotatable bonds is 6. The van der Waals surface area contributed by atoms with E-state index in [2.05, 4.69) is 60.7 Å². The maximum atomic E-state index is 4.62. The van der Waals surface area contributed by atoms with Crippen molar-refractivity contribution >= 4 is 29.9 Å². The van der Waals surface area contributed by atoms with E-state index in [1.165, 1.54) is 11.1 Å². The third-order valence-electron chi connectivity index (χ3n) is 2.79. The molecule has 0 unspecified atom stereocenters. The van der Waals surface area contributed by atoms with Gasteiger partial charge in [-0.25, -0.2) is 4.99 Å². The molecule has 108 valence electrons. The van der Waals surface area contributed by atoms with Crippen molar-refractivity contribution in [2.24, 2.45) is 4.99 Å². The second-order valence-corrected chi connectivity index (χ2v) is 4.24. The van der Waals surface area contributed by atoms with Crippen LogP contribution >= 0.6 is 24.0 Å². The Morgan fingerprint density at radius 2 is 1.74 bits per heavy atom. The summed E-state index contributed by atoms with van der Waals surface area (Å²) in [6.45, 7) is 9.02. The van der Waals surface area contributed by atoms with E-state index < -0.39 is 0 Å². The third kappa shape index (κ3) is 6.80. The predicted molar refractivity (Wildman–Crippen MR) is 94.3 cm³/mol. The average molecular weight is 375 g/mol. The lowest BCUT2D eigenvalue weighted by Crippen LogP contribution is -2.37. The molecule has 1 rings (SSSR count). The minimum absolute atomic E-state index is 0. The SMILES string of the molecule is CCCNC(=NCc1ccccc1CC)NCC.I. The summed E-state index contributed by atoms with van der Waals surface area (Å²) < 4.78 is 0. The highest BCUT2D eigenvalue weighted by Gasteiger charge is 2.00. The van der Waals surface area contributed by atoms with Gasteiger partial charge >= 0.3 is 0 Å². The van der Waals surface area contributed by atoms with Gasteiger partial charge in [0.1, 0.15) is 0 Å². The summed E-state index contributed by atoms with van der Waals surface area (Å²) in [5.41, 5.74) is 2.70. The van der Waals surface area contributed by atoms with Crippen LogP contribution in [0.25, 0.3) is 0 Å². The molecule has 0 aliphatic carbocycles. The van der Waals surface area contributed by atoms with Crippen molar-refractivity contribution in [3.05, 3.63) is 35.4 Å². The standard InChI is InChI=1S/C15H25N3.HI/c1-4-11-17-15(16-6-3)18-12-14-10-8-7-9-13(14)5-2;/h7-10H,4-6,11-12H2,1-3H3,(H2,16,17,18);1H. The Kier molecular flexibility index (Phi) is 10.6. The molecule has 0 aliphatic rings. The molecule has 0 spiro atoms. The van der Waals surface area contributed by atoms with E-state index in [9.17, 15) is 0 Å². The quantitative estimate of drug-likeness (QED) is 0.455. The Balaban J connectivity index is 0.00000324. The van der Waals surface area contributed by atoms with Gasteiger partial charge in [-0.15, -0.1) is 24.0 Å². The maximum Gasteiger partial charge on any atom is 0.191 e. The number of nitrogens with zero attached hydrogens (tertiary/aromatic N) is 1. The Morgan fingerprint density at radius 3 is 2.32 bits per heavy atom. The fraction of sp³-hybridized carbons (Fsp3) is 0.533. The van der Waals surface area contributed by atoms with Crippen LogP contribution in [-0.2, 0) is 13.0 Å². The van der Waals surface area contributed by atoms with Crippen LogP contribution in [0.1, 0.15) is 38.3 Å². The van der Waals surface area contributed by atoms with Gasteiger partial charge in [0.05, 0.1) is 6.54 Å². The first-order chi connectivity index (χ1) is 8.81. The Labute approximate surface area is 134 Å². The number of aryl methyl sites for hydroxylation is 1. The predicted octanol–water partition coefficient (Wildman–Crippen LogP) is 3.33. The maximum absolute atomic E-state index is 4.62. The van der Waals surface area contributed by atoms with E-state index in [4.69, 9.17) is 0 Å². The minimum Gasteiger partial charge on any atom is -0.357 e. The van der Waals surface area contributed by atoms with E-state index in [-0.39, 0.29) is 24.0 Å². The molecule has 4 heteroatoms. The fourth-order valence-electron chi connectivity index (χ4n) is 1.81. The minimum atomic E-state index is 0. The van der Waals surface area contributed by atoms with Crippen LogP contribution in [0.4, 0.5) is 0 Å². The normalized spacial score (nSPS) is 10.8. The number of hydrogen-bond acceptors (Lipinski definition) is 1. The number of halogens is 1. The molecular formula is C15H26IN3. The second-order valence-electron chi connectivity index (χ2n) is 4.24. The van der Waals surface area contributed by atoms with Crippen molar-refractivity contribution in [3.63, 3.8) is 0 Å². The lowest BCUT2D eigenvalue weighted by Gasteiger charge is -2.11. The third-order valence-corrected chi connectivity index (χ3v) is 2.79. The first-order valence-electron chi connectivity index (χ1n) is 6.90. The molecule has 0 amide bonds. The summed E-state index contributed by atoms with van der Waals surface area (Å²) in [5.74, 6) is 0.908. The summed E-state index contributed by atoms with van der Waals surface area (Å²) in [6.07, 6.45) is 2.17. The number of aliphatic imine (C=N–C) groups is 1. The van der Waals surface area contributed by atoms with Crippen molar-refractivity contribution in [3.8, 4) is 0 Å². The molecule has 0 heterocycles. The average Bonchev–Trinajstić information content (AvgIpc) is 2.42. The summed E-state index contributed by atoms with van der Waals surface area (Å²) in [4.78, 5) is 4.62. The van der Waals surface area contributed by atoms with E-state index in [0.717, 1.165) is 38.4 Å². The highest BCUT2D eigenvalue weighted by atomic mass is 127. The Morgan fingerprint density at radius 1 is 1.05 bits per heavy atom. The van der Waals surface area contributed by atoms with Gasteiger partial charge in [0.25, 0.3) is 0 Å². The van der Waals surface area contributed by atoms with Crippen LogP contribution in [0, 0.1) is 0 Å². The largest absolute Gasteiger partial charge is 0.357 e. The number of nitrogens with one attached hydrogen (secondary N) is 2. The van der Waals surface area contributed by atoms with Crippen molar-refractivity contribution in [1.82, 2.24) is 10.6 Å². The second kappa shape index (κ2) is 11.1. The molecule has 19 heavy (non-hydrogen) atoms. The molecule has 0 aromatic heterocycles. The van der Waals surface area contributed by atoms with E-state index in [0.29, 0.717) is 0 Å². The zero-order valence-corrected chi connectivity index (χ0v) is 14.5. The molecule has 1 aromatic rings. The number of benzene rings is 1. The molecule has 0 aliphatic heterocycles. The summed E-state index contributed by atoms with van der Waals surface area (Å²) in [5, 5.41) is 6.58. The highest BCUT2D eigenvalue weighted by molar-refractivity contribution is 14.0. The molecule has 0 saturated heterocycles. The highest BCUT2D eigenvalue weighted by Crippen LogP contribution is 2.10. The Bertz CT molecular complexity index is 377. The van der Waals surface area contributed by atoms with Crippen molar-refractivity contribution in [2.75, 3.05) is 13.1 Å². The zero-order valence-electron chi connectivity index (χ0n) is 12.2. The molecular weight excluding hydrogens is 349 g/mol. The number of hydrogen-bond donors (Lipinski definition) is 2. The van der Waals surface area contributed by atoms with Gasteiger partial charge in [0.2, 0.25) is 0 Å². The van der Waals surface area contributed by atoms with Gasteiger partial charge in [-0.1, -0.05) is 38.1 Å². The monoisotopic (exact) mass is 375 g/mol. The number of guanidine groups is 1. The van der Waals surface area contributed by atoms with E-state index in [1.807, 2.05) is 0 Å². The smallest absolute Gasteiger partial charge is 0.191 e. The van der Waals surface area contributed by atoms with Gasteiger partial charge in [-0.05, 0) is 30.9 Å². The molecule has 0 fully saturated rings. The Hall–Kier alpha value is -0.780. The van der Waals surface area contributed by atoms with Crippen LogP contribution in [0.5, 0.6) is 0 Å². The summed E-state index contributed by atoms with van der Waals surface area (Å²) >= 11 is 0. The van der Waals surface area contributed by atoms with Crippen LogP contribution in [-0.4, -0.2) is 19.0 Å². The molecule has 0 saturated carbocycles. The molecule has 1 aromatic carbocycles. The van der Waals surface area contributed by atoms with Crippen molar-refractivity contribution in [2.45, 2.75) is 40.2 Å². The molecule has 0 atom stereocenters. The van der Waals surface area contributed by atoms with Gasteiger partial charge in [0, 0.05) is 13.1 Å². The van der Waals surface area contributed by atoms with Crippen molar-refractivity contribution < 1.29 is 0 Å². The van der Waals surface area contributed by atoms with Crippen LogP contribution < -0.4 is 10.6 Å². The first-order valence-corrected chi connectivity index (χ1v) is 6.90.